The number of carbonyl (C=O) groups is 6. The Morgan fingerprint density at radius 2 is 0.465 bits per heavy atom. The van der Waals surface area contributed by atoms with Crippen LogP contribution in [0.15, 0.2) is 0 Å². The number of unbranched alkanes of at least 4 members (excludes halogenated alkanes) is 3. The Morgan fingerprint density at radius 1 is 0.323 bits per heavy atom. The molecule has 99 heavy (non-hydrogen) atoms. The number of carboxylic acid groups (broad SMARTS) is 6. The molecule has 0 heterocycles. The lowest BCUT2D eigenvalue weighted by Gasteiger charge is -2.48. The molecule has 0 saturated heterocycles. The summed E-state index contributed by atoms with van der Waals surface area (Å²) in [5, 5.41) is 77.4. The summed E-state index contributed by atoms with van der Waals surface area (Å²) in [5.74, 6) is -5.66. The molecule has 0 spiro atoms. The van der Waals surface area contributed by atoms with Gasteiger partial charge >= 0.3 is 82.8 Å². The van der Waals surface area contributed by atoms with Crippen molar-refractivity contribution in [3.05, 3.63) is 0 Å². The van der Waals surface area contributed by atoms with Gasteiger partial charge in [-0.3, -0.25) is 55.9 Å². The van der Waals surface area contributed by atoms with E-state index in [0.717, 1.165) is 38.5 Å². The number of phosphoric ester groups is 6. The molecule has 0 aliphatic heterocycles. The number of hydrogen-bond donors (Lipinski definition) is 27. The molecule has 1 rings (SSSR count). The van der Waals surface area contributed by atoms with E-state index >= 15 is 0 Å². The second kappa shape index (κ2) is 50.4. The Balaban J connectivity index is -0.000000283. The highest BCUT2D eigenvalue weighted by atomic mass is 31.2. The third-order valence-electron chi connectivity index (χ3n) is 10.9. The Labute approximate surface area is 569 Å². The van der Waals surface area contributed by atoms with Gasteiger partial charge in [-0.1, -0.05) is 19.3 Å². The van der Waals surface area contributed by atoms with Crippen LogP contribution in [0.4, 0.5) is 0 Å². The van der Waals surface area contributed by atoms with Crippen LogP contribution in [0, 0.1) is 0 Å². The van der Waals surface area contributed by atoms with Crippen LogP contribution < -0.4 is 34.4 Å². The fourth-order valence-corrected chi connectivity index (χ4v) is 10.7. The van der Waals surface area contributed by atoms with Gasteiger partial charge in [0.1, 0.15) is 92.7 Å². The molecule has 0 aromatic carbocycles. The smallest absolute Gasteiger partial charge is 0.470 e. The van der Waals surface area contributed by atoms with E-state index in [-0.39, 0.29) is 19.3 Å². The summed E-state index contributed by atoms with van der Waals surface area (Å²) in [7, 11) is -18.9. The van der Waals surface area contributed by atoms with Crippen LogP contribution >= 0.6 is 46.9 Å². The predicted molar refractivity (Wildman–Crippen MR) is 341 cm³/mol. The normalized spacial score (nSPS) is 19.5. The highest BCUT2D eigenvalue weighted by Gasteiger charge is 2.63. The van der Waals surface area contributed by atoms with Crippen LogP contribution in [-0.2, 0) is 83.3 Å². The van der Waals surface area contributed by atoms with Crippen molar-refractivity contribution in [2.75, 3.05) is 103 Å². The maximum Gasteiger partial charge on any atom is 0.470 e. The maximum absolute atomic E-state index is 11.4. The average molecular weight is 1590 g/mol. The summed E-state index contributed by atoms with van der Waals surface area (Å²) in [5.41, 5.74) is 31.3. The van der Waals surface area contributed by atoms with Crippen molar-refractivity contribution in [3.8, 4) is 0 Å². The van der Waals surface area contributed by atoms with E-state index in [9.17, 15) is 56.2 Å². The van der Waals surface area contributed by atoms with Crippen molar-refractivity contribution in [1.29, 1.82) is 0 Å². The number of rotatable bonds is 39. The molecule has 6 atom stereocenters. The van der Waals surface area contributed by atoms with Crippen molar-refractivity contribution >= 4 is 82.8 Å². The molecule has 0 unspecified atom stereocenters. The standard InChI is InChI=1S/3C7H15NO3.3C6H14N2O2.C6H18O24P6/c3*1-8(2,3)5-6(9)4-7(10)11;3*7-4-2-1-3-5(8)6(9)10;7-31(8,9)25-1-2(26-32(10,11)12)4(28-34(16,17)18)6(30-36(22,23)24)5(29-35(19,20)21)3(1)27-33(13,14)15/h3*6,9H,4-5H2,1-3H3;3*5H,1-4,7-8H2,(H,9,10);1-6H,(H2,7,8,9)(H2,10,11,12)(H2,13,14,15)(H2,16,17,18)(H2,19,20,21)(H2,22,23,24)/p+3/t3*6-;3*5-;/m111000./s1. The zero-order valence-electron chi connectivity index (χ0n) is 55.9. The van der Waals surface area contributed by atoms with Gasteiger partial charge in [-0.2, -0.15) is 0 Å². The third kappa shape index (κ3) is 74.5. The van der Waals surface area contributed by atoms with Crippen molar-refractivity contribution in [3.63, 3.8) is 0 Å². The van der Waals surface area contributed by atoms with E-state index in [1.54, 1.807) is 0 Å². The van der Waals surface area contributed by atoms with Crippen LogP contribution in [0.3, 0.4) is 0 Å². The van der Waals surface area contributed by atoms with E-state index in [1.165, 1.54) is 0 Å². The van der Waals surface area contributed by atoms with Crippen LogP contribution in [0.5, 0.6) is 0 Å². The molecule has 0 radical (unpaired) electrons. The van der Waals surface area contributed by atoms with Crippen LogP contribution in [0.25, 0.3) is 0 Å². The van der Waals surface area contributed by atoms with Crippen LogP contribution in [0.2, 0.25) is 0 Å². The molecule has 0 aromatic heterocycles. The van der Waals surface area contributed by atoms with Gasteiger partial charge < -0.3 is 153 Å². The fraction of sp³-hybridized carbons (Fsp3) is 0.867. The number of nitrogens with two attached hydrogens (primary N) is 6. The monoisotopic (exact) mass is 1580 g/mol. The molecule has 1 fully saturated rings. The zero-order valence-corrected chi connectivity index (χ0v) is 61.3. The molecule has 0 amide bonds. The first-order valence-electron chi connectivity index (χ1n) is 28.6. The number of hydrogen-bond acceptors (Lipinski definition) is 27. The van der Waals surface area contributed by atoms with Gasteiger partial charge in [-0.25, -0.2) is 27.4 Å². The lowest BCUT2D eigenvalue weighted by atomic mass is 9.85. The molecule has 0 bridgehead atoms. The topological polar surface area (TPSA) is 841 Å². The molecule has 33 N–H and O–H groups in total. The van der Waals surface area contributed by atoms with Gasteiger partial charge in [0.05, 0.1) is 82.7 Å². The fourth-order valence-electron chi connectivity index (χ4n) is 7.38. The Hall–Kier alpha value is -3.00. The van der Waals surface area contributed by atoms with E-state index in [4.69, 9.17) is 139 Å². The van der Waals surface area contributed by atoms with Gasteiger partial charge in [-0.15, -0.1) is 0 Å². The molecule has 1 aliphatic carbocycles. The van der Waals surface area contributed by atoms with Gasteiger partial charge in [0.25, 0.3) is 0 Å². The lowest BCUT2D eigenvalue weighted by molar-refractivity contribution is -0.873. The van der Waals surface area contributed by atoms with Crippen LogP contribution in [0.1, 0.15) is 77.0 Å². The molecular formula is C45H108N9O39P6+3. The molecule has 1 saturated carbocycles. The van der Waals surface area contributed by atoms with Gasteiger partial charge in [0, 0.05) is 0 Å². The van der Waals surface area contributed by atoms with E-state index in [0.29, 0.717) is 72.0 Å². The summed E-state index contributed by atoms with van der Waals surface area (Å²) in [6, 6.07) is -2.15. The molecule has 594 valence electrons. The summed E-state index contributed by atoms with van der Waals surface area (Å²) in [6.07, 6.45) is -15.1. The summed E-state index contributed by atoms with van der Waals surface area (Å²) < 4.78 is 94.9. The first kappa shape index (κ1) is 107. The summed E-state index contributed by atoms with van der Waals surface area (Å²) in [4.78, 5) is 170. The highest BCUT2D eigenvalue weighted by Crippen LogP contribution is 2.57. The number of quaternary nitrogens is 3. The second-order valence-corrected chi connectivity index (χ2v) is 31.4. The molecule has 0 aromatic rings. The number of nitrogens with zero attached hydrogens (tertiary/aromatic N) is 3. The highest BCUT2D eigenvalue weighted by molar-refractivity contribution is 7.47. The lowest BCUT2D eigenvalue weighted by Crippen LogP contribution is -2.66. The minimum atomic E-state index is -6.02. The maximum atomic E-state index is 11.4. The minimum absolute atomic E-state index is 0.171. The van der Waals surface area contributed by atoms with Crippen molar-refractivity contribution < 1.29 is 201 Å². The zero-order chi connectivity index (χ0) is 79.9. The molecule has 54 heteroatoms. The van der Waals surface area contributed by atoms with Crippen molar-refractivity contribution in [2.45, 2.75) is 150 Å². The Morgan fingerprint density at radius 3 is 0.556 bits per heavy atom. The first-order chi connectivity index (χ1) is 44.0. The number of likely N-dealkylation sites (N-methyl/N-ethyl adjacent to an activating group) is 3. The van der Waals surface area contributed by atoms with Crippen molar-refractivity contribution in [1.82, 2.24) is 0 Å². The van der Waals surface area contributed by atoms with Gasteiger partial charge in [0.15, 0.2) is 0 Å². The Bertz CT molecular complexity index is 2250. The number of aliphatic carboxylic acids is 6. The molecular weight excluding hydrogens is 1480 g/mol. The summed E-state index contributed by atoms with van der Waals surface area (Å²) in [6.45, 7) is 3.20. The number of aliphatic hydroxyl groups excluding tert-OH is 3. The first-order valence-corrected chi connectivity index (χ1v) is 37.8. The second-order valence-electron chi connectivity index (χ2n) is 24.2. The van der Waals surface area contributed by atoms with E-state index < -0.39 is 156 Å². The van der Waals surface area contributed by atoms with Crippen molar-refractivity contribution in [2.24, 2.45) is 34.4 Å². The van der Waals surface area contributed by atoms with E-state index in [2.05, 4.69) is 27.1 Å². The SMILES string of the molecule is C[N+](C)(C)C[C@H](O)CC(=O)O.C[N+](C)(C)C[C@H](O)CC(=O)O.C[N+](C)(C)C[C@H](O)CC(=O)O.NCCCC[C@H](N)C(=O)O.NCCCC[C@H](N)C(=O)O.NCCCC[C@H](N)C(=O)O.O=P(O)(O)OC1C(OP(=O)(O)O)C(OP(=O)(O)O)C(OP(=O)(O)O)C(OP(=O)(O)O)C1OP(=O)(O)O. The minimum Gasteiger partial charge on any atom is -0.481 e. The van der Waals surface area contributed by atoms with Crippen LogP contribution in [-0.4, -0.2) is 330 Å². The molecule has 48 nitrogen and oxygen atoms in total. The molecule has 1 aliphatic rings. The Kier molecular flexibility index (Phi) is 54.5. The van der Waals surface area contributed by atoms with E-state index in [1.807, 2.05) is 63.4 Å². The third-order valence-corrected chi connectivity index (χ3v) is 14.0. The predicted octanol–water partition coefficient (Wildman–Crippen LogP) is -5.97. The van der Waals surface area contributed by atoms with Gasteiger partial charge in [0.2, 0.25) is 0 Å². The number of carboxylic acids is 6. The van der Waals surface area contributed by atoms with Gasteiger partial charge in [-0.05, 0) is 58.2 Å². The quantitative estimate of drug-likeness (QED) is 0.0155. The average Bonchev–Trinajstić information content (AvgIpc) is 0.746. The number of aliphatic hydroxyl groups is 3. The number of phosphoric acid groups is 6. The summed E-state index contributed by atoms with van der Waals surface area (Å²) >= 11 is 0. The largest absolute Gasteiger partial charge is 0.481 e.